The standard InChI is InChI=1S/C34H39N7O6/c1-19(2)29(39-34(45)46-4)33(44)41-14-6-8-27(41)31(43)38-24-16-22(10-9-20(24)3)32-35-17-28(47-32)21-11-12-23-25(15-21)37-30(36-23)26-7-5-13-40(26)18-42/h9-12,15-19,26-27,29H,5-8,13-14H2,1-4H3,(H,36,37)(H,38,43)(H,39,45)/t26-,27-,29?/m0/s1. The van der Waals surface area contributed by atoms with Crippen LogP contribution in [0.4, 0.5) is 10.5 Å². The van der Waals surface area contributed by atoms with E-state index in [-0.39, 0.29) is 23.8 Å². The predicted octanol–water partition coefficient (Wildman–Crippen LogP) is 4.80. The highest BCUT2D eigenvalue weighted by atomic mass is 16.5. The molecule has 4 aromatic rings. The first-order valence-electron chi connectivity index (χ1n) is 15.9. The van der Waals surface area contributed by atoms with Gasteiger partial charge in [-0.2, -0.15) is 0 Å². The quantitative estimate of drug-likeness (QED) is 0.220. The number of oxazole rings is 1. The first-order chi connectivity index (χ1) is 22.7. The van der Waals surface area contributed by atoms with Crippen LogP contribution in [-0.4, -0.2) is 81.4 Å². The Bertz CT molecular complexity index is 1810. The summed E-state index contributed by atoms with van der Waals surface area (Å²) < 4.78 is 10.9. The zero-order valence-electron chi connectivity index (χ0n) is 26.9. The average molecular weight is 642 g/mol. The molecule has 0 saturated carbocycles. The topological polar surface area (TPSA) is 163 Å². The Labute approximate surface area is 272 Å². The number of nitrogens with one attached hydrogen (secondary N) is 3. The number of benzene rings is 2. The van der Waals surface area contributed by atoms with Gasteiger partial charge >= 0.3 is 6.09 Å². The second-order valence-corrected chi connectivity index (χ2v) is 12.5. The second kappa shape index (κ2) is 13.3. The van der Waals surface area contributed by atoms with E-state index in [1.54, 1.807) is 16.0 Å². The molecule has 3 atom stereocenters. The third-order valence-electron chi connectivity index (χ3n) is 9.01. The number of carbonyl (C=O) groups is 4. The number of aromatic amines is 1. The van der Waals surface area contributed by atoms with Gasteiger partial charge in [0.1, 0.15) is 17.9 Å². The smallest absolute Gasteiger partial charge is 0.407 e. The first kappa shape index (κ1) is 31.8. The van der Waals surface area contributed by atoms with Gasteiger partial charge in [0.15, 0.2) is 5.76 Å². The van der Waals surface area contributed by atoms with Crippen molar-refractivity contribution in [3.63, 3.8) is 0 Å². The summed E-state index contributed by atoms with van der Waals surface area (Å²) in [5, 5.41) is 5.61. The number of alkyl carbamates (subject to hydrolysis) is 1. The van der Waals surface area contributed by atoms with Crippen molar-refractivity contribution < 1.29 is 28.3 Å². The number of imidazole rings is 1. The normalized spacial score (nSPS) is 18.5. The average Bonchev–Trinajstić information content (AvgIpc) is 3.88. The van der Waals surface area contributed by atoms with Gasteiger partial charge < -0.3 is 34.6 Å². The van der Waals surface area contributed by atoms with Crippen LogP contribution in [0.2, 0.25) is 0 Å². The summed E-state index contributed by atoms with van der Waals surface area (Å²) in [5.74, 6) is 0.926. The fraction of sp³-hybridized carbons (Fsp3) is 0.412. The third-order valence-corrected chi connectivity index (χ3v) is 9.01. The molecule has 0 spiro atoms. The Balaban J connectivity index is 1.18. The first-order valence-corrected chi connectivity index (χ1v) is 15.9. The van der Waals surface area contributed by atoms with Gasteiger partial charge in [0.2, 0.25) is 24.1 Å². The van der Waals surface area contributed by atoms with Crippen molar-refractivity contribution in [1.82, 2.24) is 30.1 Å². The molecular weight excluding hydrogens is 602 g/mol. The van der Waals surface area contributed by atoms with Crippen molar-refractivity contribution in [1.29, 1.82) is 0 Å². The number of methoxy groups -OCH3 is 1. The van der Waals surface area contributed by atoms with E-state index in [0.29, 0.717) is 42.3 Å². The van der Waals surface area contributed by atoms with Crippen molar-refractivity contribution in [2.75, 3.05) is 25.5 Å². The van der Waals surface area contributed by atoms with Crippen molar-refractivity contribution in [3.8, 4) is 22.8 Å². The van der Waals surface area contributed by atoms with E-state index in [4.69, 9.17) is 14.1 Å². The second-order valence-electron chi connectivity index (χ2n) is 12.5. The van der Waals surface area contributed by atoms with Crippen LogP contribution in [0.15, 0.2) is 47.0 Å². The molecule has 2 aromatic carbocycles. The molecule has 47 heavy (non-hydrogen) atoms. The lowest BCUT2D eigenvalue weighted by Gasteiger charge is -2.30. The Morgan fingerprint density at radius 2 is 1.87 bits per heavy atom. The number of rotatable bonds is 9. The summed E-state index contributed by atoms with van der Waals surface area (Å²) in [6, 6.07) is 9.83. The van der Waals surface area contributed by atoms with Gasteiger partial charge in [-0.1, -0.05) is 19.9 Å². The van der Waals surface area contributed by atoms with Crippen molar-refractivity contribution in [2.45, 2.75) is 64.6 Å². The van der Waals surface area contributed by atoms with Crippen LogP contribution < -0.4 is 10.6 Å². The largest absolute Gasteiger partial charge is 0.453 e. The van der Waals surface area contributed by atoms with Crippen LogP contribution >= 0.6 is 0 Å². The highest BCUT2D eigenvalue weighted by Gasteiger charge is 2.39. The minimum absolute atomic E-state index is 0.0470. The molecule has 2 fully saturated rings. The summed E-state index contributed by atoms with van der Waals surface area (Å²) in [6.07, 6.45) is 4.86. The molecule has 2 aliphatic heterocycles. The van der Waals surface area contributed by atoms with Crippen molar-refractivity contribution in [2.24, 2.45) is 5.92 Å². The molecule has 2 aromatic heterocycles. The number of aryl methyl sites for hydroxylation is 1. The molecule has 3 N–H and O–H groups in total. The number of ether oxygens (including phenoxy) is 1. The molecule has 2 saturated heterocycles. The lowest BCUT2D eigenvalue weighted by molar-refractivity contribution is -0.139. The van der Waals surface area contributed by atoms with Gasteiger partial charge in [0.25, 0.3) is 0 Å². The van der Waals surface area contributed by atoms with Crippen LogP contribution in [0, 0.1) is 12.8 Å². The van der Waals surface area contributed by atoms with Crippen LogP contribution in [0.3, 0.4) is 0 Å². The molecule has 4 amide bonds. The molecule has 0 radical (unpaired) electrons. The Kier molecular flexibility index (Phi) is 8.97. The number of aromatic nitrogens is 3. The van der Waals surface area contributed by atoms with Crippen LogP contribution in [0.1, 0.15) is 57.0 Å². The van der Waals surface area contributed by atoms with E-state index >= 15 is 0 Å². The van der Waals surface area contributed by atoms with Crippen molar-refractivity contribution >= 4 is 41.0 Å². The summed E-state index contributed by atoms with van der Waals surface area (Å²) in [5.41, 5.74) is 4.57. The third kappa shape index (κ3) is 6.42. The maximum atomic E-state index is 13.5. The highest BCUT2D eigenvalue weighted by Crippen LogP contribution is 2.33. The number of amides is 4. The molecule has 13 heteroatoms. The lowest BCUT2D eigenvalue weighted by atomic mass is 10.0. The molecule has 1 unspecified atom stereocenters. The fourth-order valence-corrected chi connectivity index (χ4v) is 6.38. The van der Waals surface area contributed by atoms with E-state index in [1.165, 1.54) is 7.11 Å². The minimum atomic E-state index is -0.809. The minimum Gasteiger partial charge on any atom is -0.453 e. The summed E-state index contributed by atoms with van der Waals surface area (Å²) in [6.45, 7) is 6.71. The van der Waals surface area contributed by atoms with E-state index in [9.17, 15) is 19.2 Å². The maximum absolute atomic E-state index is 13.5. The molecular formula is C34H39N7O6. The molecule has 0 bridgehead atoms. The summed E-state index contributed by atoms with van der Waals surface area (Å²) in [7, 11) is 1.25. The Morgan fingerprint density at radius 1 is 1.09 bits per heavy atom. The molecule has 6 rings (SSSR count). The highest BCUT2D eigenvalue weighted by molar-refractivity contribution is 5.99. The van der Waals surface area contributed by atoms with Gasteiger partial charge in [-0.3, -0.25) is 14.4 Å². The number of likely N-dealkylation sites (tertiary alicyclic amines) is 2. The van der Waals surface area contributed by atoms with E-state index in [0.717, 1.165) is 53.8 Å². The maximum Gasteiger partial charge on any atom is 0.407 e. The van der Waals surface area contributed by atoms with Gasteiger partial charge in [-0.25, -0.2) is 14.8 Å². The van der Waals surface area contributed by atoms with Gasteiger partial charge in [0.05, 0.1) is 30.4 Å². The van der Waals surface area contributed by atoms with Crippen molar-refractivity contribution in [3.05, 3.63) is 54.0 Å². The Morgan fingerprint density at radius 3 is 2.64 bits per heavy atom. The Hall–Kier alpha value is -5.20. The van der Waals surface area contributed by atoms with Gasteiger partial charge in [-0.15, -0.1) is 0 Å². The zero-order chi connectivity index (χ0) is 33.2. The van der Waals surface area contributed by atoms with E-state index in [1.807, 2.05) is 57.2 Å². The molecule has 2 aliphatic rings. The van der Waals surface area contributed by atoms with E-state index < -0.39 is 18.2 Å². The number of fused-ring (bicyclic) bond motifs is 1. The molecule has 0 aliphatic carbocycles. The molecule has 4 heterocycles. The van der Waals surface area contributed by atoms with Crippen LogP contribution in [0.25, 0.3) is 33.8 Å². The lowest BCUT2D eigenvalue weighted by Crippen LogP contribution is -2.54. The monoisotopic (exact) mass is 641 g/mol. The number of hydrogen-bond donors (Lipinski definition) is 3. The van der Waals surface area contributed by atoms with Gasteiger partial charge in [-0.05, 0) is 74.4 Å². The number of carbonyl (C=O) groups excluding carboxylic acids is 4. The SMILES string of the molecule is COC(=O)NC(C(=O)N1CCC[C@H]1C(=O)Nc1cc(-c2ncc(-c3ccc4nc([C@@H]5CCCN5C=O)[nH]c4c3)o2)ccc1C)C(C)C. The zero-order valence-corrected chi connectivity index (χ0v) is 26.9. The predicted molar refractivity (Wildman–Crippen MR) is 174 cm³/mol. The fourth-order valence-electron chi connectivity index (χ4n) is 6.38. The summed E-state index contributed by atoms with van der Waals surface area (Å²) >= 11 is 0. The molecule has 246 valence electrons. The number of anilines is 1. The number of hydrogen-bond acceptors (Lipinski definition) is 8. The van der Waals surface area contributed by atoms with Crippen LogP contribution in [-0.2, 0) is 19.1 Å². The summed E-state index contributed by atoms with van der Waals surface area (Å²) in [4.78, 5) is 66.2. The molecule has 13 nitrogen and oxygen atoms in total. The van der Waals surface area contributed by atoms with Crippen LogP contribution in [0.5, 0.6) is 0 Å². The van der Waals surface area contributed by atoms with E-state index in [2.05, 4.69) is 20.6 Å². The number of H-pyrrole nitrogens is 1. The van der Waals surface area contributed by atoms with Gasteiger partial charge in [0, 0.05) is 29.9 Å². The number of nitrogens with zero attached hydrogens (tertiary/aromatic N) is 4.